The van der Waals surface area contributed by atoms with Crippen LogP contribution in [0.25, 0.3) is 0 Å². The summed E-state index contributed by atoms with van der Waals surface area (Å²) >= 11 is 0. The summed E-state index contributed by atoms with van der Waals surface area (Å²) in [4.78, 5) is 11.3. The molecule has 2 rings (SSSR count). The number of aliphatic carboxylic acids is 1. The largest absolute Gasteiger partial charge is 0.480 e. The fraction of sp³-hybridized carbons (Fsp3) is 0.923. The van der Waals surface area contributed by atoms with Gasteiger partial charge in [0.1, 0.15) is 6.04 Å². The van der Waals surface area contributed by atoms with E-state index in [1.165, 1.54) is 8.61 Å². The SMILES string of the molecule is CC1(C)CCCN(S(=O)(=O)N2CCCCC2C(=O)O)C1. The van der Waals surface area contributed by atoms with Crippen LogP contribution in [0.2, 0.25) is 0 Å². The van der Waals surface area contributed by atoms with E-state index in [9.17, 15) is 18.3 Å². The average Bonchev–Trinajstić information content (AvgIpc) is 2.37. The Morgan fingerprint density at radius 2 is 1.90 bits per heavy atom. The van der Waals surface area contributed by atoms with E-state index in [1.54, 1.807) is 0 Å². The quantitative estimate of drug-likeness (QED) is 0.852. The van der Waals surface area contributed by atoms with Gasteiger partial charge in [0.05, 0.1) is 0 Å². The predicted octanol–water partition coefficient (Wildman–Crippen LogP) is 1.29. The van der Waals surface area contributed by atoms with Gasteiger partial charge in [-0.3, -0.25) is 4.79 Å². The summed E-state index contributed by atoms with van der Waals surface area (Å²) in [7, 11) is -3.66. The van der Waals surface area contributed by atoms with Crippen LogP contribution in [0.5, 0.6) is 0 Å². The third-order valence-electron chi connectivity index (χ3n) is 4.23. The van der Waals surface area contributed by atoms with Crippen molar-refractivity contribution < 1.29 is 18.3 Å². The van der Waals surface area contributed by atoms with E-state index in [2.05, 4.69) is 13.8 Å². The standard InChI is InChI=1S/C13H24N2O4S/c1-13(2)7-5-8-14(10-13)20(18,19)15-9-4-3-6-11(15)12(16)17/h11H,3-10H2,1-2H3,(H,16,17). The molecule has 2 aliphatic rings. The highest BCUT2D eigenvalue weighted by Crippen LogP contribution is 2.32. The molecule has 7 heteroatoms. The highest BCUT2D eigenvalue weighted by Gasteiger charge is 2.42. The molecule has 2 fully saturated rings. The topological polar surface area (TPSA) is 77.9 Å². The van der Waals surface area contributed by atoms with Crippen LogP contribution in [0, 0.1) is 5.41 Å². The second-order valence-corrected chi connectivity index (χ2v) is 8.45. The smallest absolute Gasteiger partial charge is 0.322 e. The third kappa shape index (κ3) is 3.15. The number of carbonyl (C=O) groups is 1. The lowest BCUT2D eigenvalue weighted by molar-refractivity contribution is -0.142. The molecule has 0 amide bonds. The Kier molecular flexibility index (Phi) is 4.41. The van der Waals surface area contributed by atoms with Crippen molar-refractivity contribution in [3.63, 3.8) is 0 Å². The fourth-order valence-corrected chi connectivity index (χ4v) is 5.19. The molecule has 116 valence electrons. The first-order chi connectivity index (χ1) is 9.24. The molecular weight excluding hydrogens is 280 g/mol. The first-order valence-electron chi connectivity index (χ1n) is 7.24. The monoisotopic (exact) mass is 304 g/mol. The lowest BCUT2D eigenvalue weighted by Crippen LogP contribution is -2.56. The highest BCUT2D eigenvalue weighted by molar-refractivity contribution is 7.86. The Labute approximate surface area is 120 Å². The Morgan fingerprint density at radius 1 is 1.20 bits per heavy atom. The van der Waals surface area contributed by atoms with Crippen LogP contribution < -0.4 is 0 Å². The normalized spacial score (nSPS) is 29.2. The van der Waals surface area contributed by atoms with Crippen molar-refractivity contribution in [1.29, 1.82) is 0 Å². The Hall–Kier alpha value is -0.660. The van der Waals surface area contributed by atoms with E-state index < -0.39 is 22.2 Å². The number of hydrogen-bond acceptors (Lipinski definition) is 3. The van der Waals surface area contributed by atoms with Gasteiger partial charge in [-0.2, -0.15) is 17.0 Å². The van der Waals surface area contributed by atoms with Crippen LogP contribution in [0.1, 0.15) is 46.0 Å². The molecule has 0 aromatic rings. The summed E-state index contributed by atoms with van der Waals surface area (Å²) in [6.45, 7) is 5.39. The first kappa shape index (κ1) is 15.7. The maximum atomic E-state index is 12.7. The summed E-state index contributed by atoms with van der Waals surface area (Å²) in [6.07, 6.45) is 3.75. The lowest BCUT2D eigenvalue weighted by atomic mass is 9.85. The summed E-state index contributed by atoms with van der Waals surface area (Å²) < 4.78 is 28.1. The lowest BCUT2D eigenvalue weighted by Gasteiger charge is -2.41. The first-order valence-corrected chi connectivity index (χ1v) is 8.63. The predicted molar refractivity (Wildman–Crippen MR) is 75.5 cm³/mol. The molecule has 1 N–H and O–H groups in total. The van der Waals surface area contributed by atoms with E-state index >= 15 is 0 Å². The molecule has 2 aliphatic heterocycles. The van der Waals surface area contributed by atoms with Crippen LogP contribution in [0.4, 0.5) is 0 Å². The molecule has 2 heterocycles. The summed E-state index contributed by atoms with van der Waals surface area (Å²) in [5.74, 6) is -1.04. The molecule has 1 atom stereocenters. The van der Waals surface area contributed by atoms with Gasteiger partial charge in [-0.15, -0.1) is 0 Å². The van der Waals surface area contributed by atoms with E-state index in [0.29, 0.717) is 26.1 Å². The molecule has 0 saturated carbocycles. The molecule has 0 bridgehead atoms. The van der Waals surface area contributed by atoms with Crippen molar-refractivity contribution in [3.8, 4) is 0 Å². The van der Waals surface area contributed by atoms with Gasteiger partial charge in [-0.1, -0.05) is 13.8 Å². The Bertz CT molecular complexity index is 475. The summed E-state index contributed by atoms with van der Waals surface area (Å²) in [5.41, 5.74) is -0.0418. The molecular formula is C13H24N2O4S. The third-order valence-corrected chi connectivity index (χ3v) is 6.22. The number of piperidine rings is 2. The van der Waals surface area contributed by atoms with Gasteiger partial charge in [-0.05, 0) is 37.5 Å². The van der Waals surface area contributed by atoms with Gasteiger partial charge in [-0.25, -0.2) is 0 Å². The zero-order valence-electron chi connectivity index (χ0n) is 12.2. The van der Waals surface area contributed by atoms with Crippen LogP contribution in [-0.4, -0.2) is 53.8 Å². The fourth-order valence-electron chi connectivity index (χ4n) is 3.14. The van der Waals surface area contributed by atoms with Gasteiger partial charge in [0.15, 0.2) is 0 Å². The maximum Gasteiger partial charge on any atom is 0.322 e. The average molecular weight is 304 g/mol. The van der Waals surface area contributed by atoms with Crippen molar-refractivity contribution >= 4 is 16.2 Å². The molecule has 0 aromatic heterocycles. The minimum atomic E-state index is -3.66. The van der Waals surface area contributed by atoms with E-state index in [0.717, 1.165) is 25.7 Å². The van der Waals surface area contributed by atoms with Crippen molar-refractivity contribution in [3.05, 3.63) is 0 Å². The van der Waals surface area contributed by atoms with Crippen LogP contribution in [-0.2, 0) is 15.0 Å². The van der Waals surface area contributed by atoms with Crippen LogP contribution in [0.15, 0.2) is 0 Å². The summed E-state index contributed by atoms with van der Waals surface area (Å²) in [6, 6.07) is -0.904. The molecule has 0 aliphatic carbocycles. The molecule has 2 saturated heterocycles. The number of carboxylic acids is 1. The molecule has 0 radical (unpaired) electrons. The second kappa shape index (κ2) is 5.61. The van der Waals surface area contributed by atoms with Gasteiger partial charge in [0.2, 0.25) is 0 Å². The molecule has 0 aromatic carbocycles. The van der Waals surface area contributed by atoms with Crippen LogP contribution >= 0.6 is 0 Å². The van der Waals surface area contributed by atoms with Crippen molar-refractivity contribution in [1.82, 2.24) is 8.61 Å². The van der Waals surface area contributed by atoms with E-state index in [1.807, 2.05) is 0 Å². The minimum absolute atomic E-state index is 0.0418. The number of nitrogens with zero attached hydrogens (tertiary/aromatic N) is 2. The van der Waals surface area contributed by atoms with Crippen LogP contribution in [0.3, 0.4) is 0 Å². The van der Waals surface area contributed by atoms with Crippen molar-refractivity contribution in [2.45, 2.75) is 52.0 Å². The number of hydrogen-bond donors (Lipinski definition) is 1. The van der Waals surface area contributed by atoms with Crippen molar-refractivity contribution in [2.24, 2.45) is 5.41 Å². The second-order valence-electron chi connectivity index (χ2n) is 6.57. The molecule has 6 nitrogen and oxygen atoms in total. The van der Waals surface area contributed by atoms with Gasteiger partial charge in [0, 0.05) is 19.6 Å². The molecule has 20 heavy (non-hydrogen) atoms. The maximum absolute atomic E-state index is 12.7. The summed E-state index contributed by atoms with van der Waals surface area (Å²) in [5, 5.41) is 9.25. The van der Waals surface area contributed by atoms with Crippen molar-refractivity contribution in [2.75, 3.05) is 19.6 Å². The van der Waals surface area contributed by atoms with E-state index in [-0.39, 0.29) is 5.41 Å². The van der Waals surface area contributed by atoms with Gasteiger partial charge in [0.25, 0.3) is 10.2 Å². The number of rotatable bonds is 3. The zero-order chi connectivity index (χ0) is 15.0. The highest BCUT2D eigenvalue weighted by atomic mass is 32.2. The number of carboxylic acid groups (broad SMARTS) is 1. The van der Waals surface area contributed by atoms with Gasteiger partial charge < -0.3 is 5.11 Å². The Morgan fingerprint density at radius 3 is 2.50 bits per heavy atom. The zero-order valence-corrected chi connectivity index (χ0v) is 13.0. The van der Waals surface area contributed by atoms with Gasteiger partial charge >= 0.3 is 5.97 Å². The molecule has 1 unspecified atom stereocenters. The van der Waals surface area contributed by atoms with E-state index in [4.69, 9.17) is 0 Å². The Balaban J connectivity index is 2.22. The molecule has 0 spiro atoms. The minimum Gasteiger partial charge on any atom is -0.480 e.